The maximum atomic E-state index is 11.4. The van der Waals surface area contributed by atoms with Gasteiger partial charge < -0.3 is 5.32 Å². The third-order valence-corrected chi connectivity index (χ3v) is 4.54. The molecule has 0 spiro atoms. The van der Waals surface area contributed by atoms with Crippen molar-refractivity contribution in [1.82, 2.24) is 5.48 Å². The average Bonchev–Trinajstić information content (AvgIpc) is 2.98. The quantitative estimate of drug-likeness (QED) is 0.497. The van der Waals surface area contributed by atoms with E-state index in [-0.39, 0.29) is 0 Å². The molecule has 22 heavy (non-hydrogen) atoms. The summed E-state index contributed by atoms with van der Waals surface area (Å²) < 4.78 is 1.02. The second-order valence-electron chi connectivity index (χ2n) is 4.97. The zero-order valence-corrected chi connectivity index (χ0v) is 12.7. The monoisotopic (exact) mass is 312 g/mol. The number of nitrogens with one attached hydrogen (secondary N) is 2. The summed E-state index contributed by atoms with van der Waals surface area (Å²) in [4.78, 5) is 11.9. The normalized spacial score (nSPS) is 10.6. The van der Waals surface area contributed by atoms with E-state index in [0.717, 1.165) is 28.7 Å². The van der Waals surface area contributed by atoms with E-state index in [1.54, 1.807) is 11.5 Å². The van der Waals surface area contributed by atoms with Crippen LogP contribution in [0.3, 0.4) is 0 Å². The first-order chi connectivity index (χ1) is 10.8. The Morgan fingerprint density at radius 3 is 2.68 bits per heavy atom. The summed E-state index contributed by atoms with van der Waals surface area (Å²) in [5.74, 6) is -0.472. The fraction of sp³-hybridized carbons (Fsp3) is 0.118. The summed E-state index contributed by atoms with van der Waals surface area (Å²) in [6, 6.07) is 18.1. The first kappa shape index (κ1) is 14.6. The molecule has 3 rings (SSSR count). The van der Waals surface area contributed by atoms with E-state index in [1.807, 2.05) is 36.4 Å². The Labute approximate surface area is 132 Å². The number of hydrogen-bond donors (Lipinski definition) is 3. The van der Waals surface area contributed by atoms with Crippen LogP contribution in [0.1, 0.15) is 15.2 Å². The van der Waals surface area contributed by atoms with Crippen LogP contribution in [0.5, 0.6) is 0 Å². The first-order valence-electron chi connectivity index (χ1n) is 7.02. The van der Waals surface area contributed by atoms with Gasteiger partial charge in [0, 0.05) is 16.9 Å². The van der Waals surface area contributed by atoms with Gasteiger partial charge in [-0.3, -0.25) is 10.0 Å². The second kappa shape index (κ2) is 6.60. The van der Waals surface area contributed by atoms with Crippen LogP contribution in [0.25, 0.3) is 10.1 Å². The van der Waals surface area contributed by atoms with E-state index in [0.29, 0.717) is 4.88 Å². The minimum Gasteiger partial charge on any atom is -0.385 e. The number of anilines is 1. The Kier molecular flexibility index (Phi) is 4.37. The Hall–Kier alpha value is -2.37. The fourth-order valence-corrected chi connectivity index (χ4v) is 3.25. The van der Waals surface area contributed by atoms with E-state index in [1.165, 1.54) is 16.9 Å². The summed E-state index contributed by atoms with van der Waals surface area (Å²) in [5, 5.41) is 13.1. The van der Waals surface area contributed by atoms with Crippen LogP contribution in [-0.4, -0.2) is 17.7 Å². The lowest BCUT2D eigenvalue weighted by Gasteiger charge is -2.06. The number of fused-ring (bicyclic) bond motifs is 1. The van der Waals surface area contributed by atoms with Gasteiger partial charge in [0.2, 0.25) is 0 Å². The zero-order chi connectivity index (χ0) is 15.4. The topological polar surface area (TPSA) is 61.4 Å². The van der Waals surface area contributed by atoms with Gasteiger partial charge in [0.05, 0.1) is 4.88 Å². The van der Waals surface area contributed by atoms with E-state index in [2.05, 4.69) is 17.4 Å². The van der Waals surface area contributed by atoms with Gasteiger partial charge >= 0.3 is 0 Å². The van der Waals surface area contributed by atoms with Gasteiger partial charge in [-0.1, -0.05) is 30.3 Å². The SMILES string of the molecule is O=C(NO)c1cc2cc(NCCc3ccccc3)ccc2s1. The fourth-order valence-electron chi connectivity index (χ4n) is 2.32. The van der Waals surface area contributed by atoms with Crippen molar-refractivity contribution in [2.75, 3.05) is 11.9 Å². The third kappa shape index (κ3) is 3.27. The number of carbonyl (C=O) groups is 1. The molecular formula is C17H16N2O2S. The number of hydrogen-bond acceptors (Lipinski definition) is 4. The number of amides is 1. The summed E-state index contributed by atoms with van der Waals surface area (Å²) in [6.07, 6.45) is 0.959. The standard InChI is InChI=1S/C17H16N2O2S/c20-17(19-21)16-11-13-10-14(6-7-15(13)22-16)18-9-8-12-4-2-1-3-5-12/h1-7,10-11,18,21H,8-9H2,(H,19,20). The molecule has 0 aliphatic heterocycles. The van der Waals surface area contributed by atoms with Crippen LogP contribution in [0.15, 0.2) is 54.6 Å². The highest BCUT2D eigenvalue weighted by Crippen LogP contribution is 2.28. The van der Waals surface area contributed by atoms with Crippen molar-refractivity contribution < 1.29 is 10.0 Å². The smallest absolute Gasteiger partial charge is 0.284 e. The van der Waals surface area contributed by atoms with Crippen molar-refractivity contribution in [1.29, 1.82) is 0 Å². The van der Waals surface area contributed by atoms with Crippen molar-refractivity contribution >= 4 is 33.0 Å². The molecule has 2 aromatic carbocycles. The van der Waals surface area contributed by atoms with Crippen LogP contribution >= 0.6 is 11.3 Å². The summed E-state index contributed by atoms with van der Waals surface area (Å²) >= 11 is 1.36. The molecule has 3 aromatic rings. The van der Waals surface area contributed by atoms with Crippen LogP contribution in [0.4, 0.5) is 5.69 Å². The molecule has 0 saturated heterocycles. The predicted octanol–water partition coefficient (Wildman–Crippen LogP) is 3.67. The minimum atomic E-state index is -0.472. The Morgan fingerprint density at radius 1 is 1.09 bits per heavy atom. The molecule has 0 bridgehead atoms. The number of hydroxylamine groups is 1. The van der Waals surface area contributed by atoms with E-state index in [4.69, 9.17) is 5.21 Å². The lowest BCUT2D eigenvalue weighted by atomic mass is 10.1. The van der Waals surface area contributed by atoms with Crippen LogP contribution in [0.2, 0.25) is 0 Å². The van der Waals surface area contributed by atoms with Crippen molar-refractivity contribution in [3.63, 3.8) is 0 Å². The van der Waals surface area contributed by atoms with E-state index in [9.17, 15) is 4.79 Å². The maximum absolute atomic E-state index is 11.4. The molecule has 1 aromatic heterocycles. The minimum absolute atomic E-state index is 0.472. The average molecular weight is 312 g/mol. The van der Waals surface area contributed by atoms with Crippen LogP contribution in [-0.2, 0) is 6.42 Å². The van der Waals surface area contributed by atoms with Crippen LogP contribution in [0, 0.1) is 0 Å². The van der Waals surface area contributed by atoms with Crippen molar-refractivity contribution in [3.8, 4) is 0 Å². The first-order valence-corrected chi connectivity index (χ1v) is 7.84. The number of benzene rings is 2. The maximum Gasteiger partial charge on any atom is 0.284 e. The molecule has 0 atom stereocenters. The van der Waals surface area contributed by atoms with Crippen molar-refractivity contribution in [3.05, 3.63) is 65.0 Å². The number of carbonyl (C=O) groups excluding carboxylic acids is 1. The predicted molar refractivity (Wildman–Crippen MR) is 89.7 cm³/mol. The largest absolute Gasteiger partial charge is 0.385 e. The van der Waals surface area contributed by atoms with E-state index < -0.39 is 5.91 Å². The van der Waals surface area contributed by atoms with Gasteiger partial charge in [-0.25, -0.2) is 5.48 Å². The molecule has 0 aliphatic rings. The molecule has 0 saturated carbocycles. The number of rotatable bonds is 5. The zero-order valence-electron chi connectivity index (χ0n) is 11.9. The van der Waals surface area contributed by atoms with Gasteiger partial charge in [0.25, 0.3) is 5.91 Å². The van der Waals surface area contributed by atoms with Gasteiger partial charge in [-0.15, -0.1) is 11.3 Å². The molecule has 112 valence electrons. The third-order valence-electron chi connectivity index (χ3n) is 3.43. The highest BCUT2D eigenvalue weighted by atomic mass is 32.1. The molecule has 4 nitrogen and oxygen atoms in total. The summed E-state index contributed by atoms with van der Waals surface area (Å²) in [7, 11) is 0. The van der Waals surface area contributed by atoms with Gasteiger partial charge in [0.15, 0.2) is 0 Å². The lowest BCUT2D eigenvalue weighted by Crippen LogP contribution is -2.16. The summed E-state index contributed by atoms with van der Waals surface area (Å²) in [6.45, 7) is 0.851. The van der Waals surface area contributed by atoms with Crippen molar-refractivity contribution in [2.45, 2.75) is 6.42 Å². The molecule has 0 fully saturated rings. The van der Waals surface area contributed by atoms with Crippen LogP contribution < -0.4 is 10.8 Å². The van der Waals surface area contributed by atoms with Gasteiger partial charge in [0.1, 0.15) is 0 Å². The Balaban J connectivity index is 1.68. The molecule has 1 amide bonds. The second-order valence-corrected chi connectivity index (χ2v) is 6.05. The summed E-state index contributed by atoms with van der Waals surface area (Å²) in [5.41, 5.74) is 3.99. The van der Waals surface area contributed by atoms with Gasteiger partial charge in [-0.2, -0.15) is 0 Å². The Morgan fingerprint density at radius 2 is 1.91 bits per heavy atom. The molecule has 5 heteroatoms. The highest BCUT2D eigenvalue weighted by molar-refractivity contribution is 7.20. The lowest BCUT2D eigenvalue weighted by molar-refractivity contribution is 0.0711. The molecule has 3 N–H and O–H groups in total. The molecular weight excluding hydrogens is 296 g/mol. The van der Waals surface area contributed by atoms with Gasteiger partial charge in [-0.05, 0) is 41.6 Å². The van der Waals surface area contributed by atoms with E-state index >= 15 is 0 Å². The number of thiophene rings is 1. The molecule has 1 heterocycles. The highest BCUT2D eigenvalue weighted by Gasteiger charge is 2.09. The van der Waals surface area contributed by atoms with Crippen molar-refractivity contribution in [2.24, 2.45) is 0 Å². The molecule has 0 unspecified atom stereocenters. The molecule has 0 aliphatic carbocycles. The molecule has 0 radical (unpaired) electrons. The Bertz CT molecular complexity index is 784.